The smallest absolute Gasteiger partial charge is 0.222 e. The van der Waals surface area contributed by atoms with Crippen LogP contribution < -0.4 is 16.0 Å². The summed E-state index contributed by atoms with van der Waals surface area (Å²) in [5.41, 5.74) is 3.47. The summed E-state index contributed by atoms with van der Waals surface area (Å²) in [4.78, 5) is 10.1. The number of nitrogens with one attached hydrogen (secondary N) is 1. The van der Waals surface area contributed by atoms with Gasteiger partial charge in [-0.15, -0.1) is 11.3 Å². The molecule has 0 saturated heterocycles. The van der Waals surface area contributed by atoms with E-state index in [4.69, 9.17) is 10.6 Å². The quantitative estimate of drug-likeness (QED) is 0.648. The summed E-state index contributed by atoms with van der Waals surface area (Å²) < 4.78 is 5.81. The van der Waals surface area contributed by atoms with Crippen LogP contribution in [0.15, 0.2) is 17.5 Å². The molecule has 1 saturated carbocycles. The summed E-state index contributed by atoms with van der Waals surface area (Å²) in [7, 11) is 0. The van der Waals surface area contributed by atoms with Gasteiger partial charge in [-0.05, 0) is 31.2 Å². The molecule has 2 aromatic heterocycles. The predicted molar refractivity (Wildman–Crippen MR) is 75.2 cm³/mol. The van der Waals surface area contributed by atoms with E-state index in [0.29, 0.717) is 24.2 Å². The Hall–Kier alpha value is -1.66. The SMILES string of the molecule is Cc1c(NN)nc(C2CC2)nc1OCc1cccs1. The fourth-order valence-corrected chi connectivity index (χ4v) is 2.47. The Bertz CT molecular complexity index is 566. The van der Waals surface area contributed by atoms with E-state index in [1.54, 1.807) is 11.3 Å². The Labute approximate surface area is 115 Å². The zero-order chi connectivity index (χ0) is 13.2. The number of aromatic nitrogens is 2. The van der Waals surface area contributed by atoms with E-state index in [1.807, 2.05) is 24.4 Å². The van der Waals surface area contributed by atoms with Gasteiger partial charge in [0.15, 0.2) is 0 Å². The van der Waals surface area contributed by atoms with Crippen molar-refractivity contribution >= 4 is 17.2 Å². The van der Waals surface area contributed by atoms with Crippen LogP contribution in [0.25, 0.3) is 0 Å². The molecule has 3 rings (SSSR count). The van der Waals surface area contributed by atoms with Gasteiger partial charge in [-0.2, -0.15) is 4.98 Å². The van der Waals surface area contributed by atoms with E-state index >= 15 is 0 Å². The average molecular weight is 276 g/mol. The van der Waals surface area contributed by atoms with E-state index in [0.717, 1.165) is 24.2 Å². The van der Waals surface area contributed by atoms with Crippen LogP contribution in [-0.4, -0.2) is 9.97 Å². The van der Waals surface area contributed by atoms with Crippen molar-refractivity contribution in [3.8, 4) is 5.88 Å². The van der Waals surface area contributed by atoms with Gasteiger partial charge in [-0.3, -0.25) is 0 Å². The monoisotopic (exact) mass is 276 g/mol. The summed E-state index contributed by atoms with van der Waals surface area (Å²) in [6.07, 6.45) is 2.30. The molecule has 0 unspecified atom stereocenters. The molecule has 0 aliphatic heterocycles. The third kappa shape index (κ3) is 2.69. The van der Waals surface area contributed by atoms with Gasteiger partial charge in [0.1, 0.15) is 18.2 Å². The largest absolute Gasteiger partial charge is 0.472 e. The highest BCUT2D eigenvalue weighted by atomic mass is 32.1. The molecular formula is C13H16N4OS. The van der Waals surface area contributed by atoms with Crippen molar-refractivity contribution in [1.29, 1.82) is 0 Å². The average Bonchev–Trinajstić information content (AvgIpc) is 3.14. The number of rotatable bonds is 5. The Morgan fingerprint density at radius 1 is 1.47 bits per heavy atom. The molecule has 2 aromatic rings. The molecule has 0 spiro atoms. The fourth-order valence-electron chi connectivity index (χ4n) is 1.85. The van der Waals surface area contributed by atoms with Gasteiger partial charge in [0.25, 0.3) is 0 Å². The van der Waals surface area contributed by atoms with Crippen LogP contribution in [0.3, 0.4) is 0 Å². The van der Waals surface area contributed by atoms with Crippen molar-refractivity contribution in [3.63, 3.8) is 0 Å². The topological polar surface area (TPSA) is 73.1 Å². The Morgan fingerprint density at radius 3 is 2.95 bits per heavy atom. The van der Waals surface area contributed by atoms with Crippen LogP contribution in [0.2, 0.25) is 0 Å². The van der Waals surface area contributed by atoms with Crippen molar-refractivity contribution in [2.75, 3.05) is 5.43 Å². The highest BCUT2D eigenvalue weighted by Crippen LogP contribution is 2.39. The van der Waals surface area contributed by atoms with E-state index in [1.165, 1.54) is 4.88 Å². The second-order valence-corrected chi connectivity index (χ2v) is 5.68. The number of hydrazine groups is 1. The number of ether oxygens (including phenoxy) is 1. The summed E-state index contributed by atoms with van der Waals surface area (Å²) in [5.74, 6) is 8.08. The van der Waals surface area contributed by atoms with Crippen molar-refractivity contribution < 1.29 is 4.74 Å². The van der Waals surface area contributed by atoms with Crippen LogP contribution in [0.1, 0.15) is 35.0 Å². The summed E-state index contributed by atoms with van der Waals surface area (Å²) in [6, 6.07) is 4.06. The Balaban J connectivity index is 1.83. The van der Waals surface area contributed by atoms with E-state index < -0.39 is 0 Å². The second kappa shape index (κ2) is 5.14. The summed E-state index contributed by atoms with van der Waals surface area (Å²) in [5, 5.41) is 2.04. The fraction of sp³-hybridized carbons (Fsp3) is 0.385. The Kier molecular flexibility index (Phi) is 3.35. The van der Waals surface area contributed by atoms with Gasteiger partial charge in [0.2, 0.25) is 5.88 Å². The maximum atomic E-state index is 5.81. The molecule has 1 fully saturated rings. The van der Waals surface area contributed by atoms with Crippen molar-refractivity contribution in [2.45, 2.75) is 32.3 Å². The lowest BCUT2D eigenvalue weighted by atomic mass is 10.3. The molecule has 0 atom stereocenters. The van der Waals surface area contributed by atoms with E-state index in [-0.39, 0.29) is 0 Å². The molecular weight excluding hydrogens is 260 g/mol. The van der Waals surface area contributed by atoms with Crippen LogP contribution in [0.4, 0.5) is 5.82 Å². The minimum absolute atomic E-state index is 0.469. The number of hydrogen-bond acceptors (Lipinski definition) is 6. The van der Waals surface area contributed by atoms with Crippen molar-refractivity contribution in [3.05, 3.63) is 33.8 Å². The first-order valence-corrected chi connectivity index (χ1v) is 7.16. The minimum atomic E-state index is 0.469. The number of nitrogen functional groups attached to an aromatic ring is 1. The third-order valence-electron chi connectivity index (χ3n) is 3.13. The van der Waals surface area contributed by atoms with Crippen molar-refractivity contribution in [2.24, 2.45) is 5.84 Å². The minimum Gasteiger partial charge on any atom is -0.472 e. The molecule has 1 aliphatic carbocycles. The molecule has 2 heterocycles. The molecule has 19 heavy (non-hydrogen) atoms. The maximum absolute atomic E-state index is 5.81. The second-order valence-electron chi connectivity index (χ2n) is 4.65. The van der Waals surface area contributed by atoms with E-state index in [2.05, 4.69) is 15.4 Å². The maximum Gasteiger partial charge on any atom is 0.222 e. The third-order valence-corrected chi connectivity index (χ3v) is 3.98. The van der Waals surface area contributed by atoms with E-state index in [9.17, 15) is 0 Å². The zero-order valence-corrected chi connectivity index (χ0v) is 11.5. The lowest BCUT2D eigenvalue weighted by Crippen LogP contribution is -2.13. The lowest BCUT2D eigenvalue weighted by Gasteiger charge is -2.12. The lowest BCUT2D eigenvalue weighted by molar-refractivity contribution is 0.293. The molecule has 6 heteroatoms. The first kappa shape index (κ1) is 12.4. The van der Waals surface area contributed by atoms with Crippen LogP contribution in [0, 0.1) is 6.92 Å². The molecule has 1 aliphatic rings. The molecule has 0 amide bonds. The van der Waals surface area contributed by atoms with Crippen LogP contribution >= 0.6 is 11.3 Å². The van der Waals surface area contributed by atoms with Crippen LogP contribution in [-0.2, 0) is 6.61 Å². The van der Waals surface area contributed by atoms with Gasteiger partial charge in [0.05, 0.1) is 5.56 Å². The zero-order valence-electron chi connectivity index (χ0n) is 10.7. The normalized spacial score (nSPS) is 14.4. The van der Waals surface area contributed by atoms with Gasteiger partial charge < -0.3 is 10.2 Å². The Morgan fingerprint density at radius 2 is 2.32 bits per heavy atom. The summed E-state index contributed by atoms with van der Waals surface area (Å²) >= 11 is 1.67. The number of thiophene rings is 1. The first-order valence-electron chi connectivity index (χ1n) is 6.28. The molecule has 0 bridgehead atoms. The highest BCUT2D eigenvalue weighted by Gasteiger charge is 2.28. The van der Waals surface area contributed by atoms with Gasteiger partial charge >= 0.3 is 0 Å². The molecule has 0 aromatic carbocycles. The number of nitrogens with two attached hydrogens (primary N) is 1. The standard InChI is InChI=1S/C13H16N4OS/c1-8-11(17-14)15-12(9-4-5-9)16-13(8)18-7-10-3-2-6-19-10/h2-3,6,9H,4-5,7,14H2,1H3,(H,15,16,17). The number of anilines is 1. The molecule has 3 N–H and O–H groups in total. The predicted octanol–water partition coefficient (Wildman–Crippen LogP) is 2.59. The van der Waals surface area contributed by atoms with Gasteiger partial charge in [0, 0.05) is 10.8 Å². The molecule has 5 nitrogen and oxygen atoms in total. The number of hydrogen-bond donors (Lipinski definition) is 2. The first-order chi connectivity index (χ1) is 9.28. The van der Waals surface area contributed by atoms with Crippen LogP contribution in [0.5, 0.6) is 5.88 Å². The van der Waals surface area contributed by atoms with Gasteiger partial charge in [-0.1, -0.05) is 6.07 Å². The molecule has 0 radical (unpaired) electrons. The van der Waals surface area contributed by atoms with Gasteiger partial charge in [-0.25, -0.2) is 10.8 Å². The number of nitrogens with zero attached hydrogens (tertiary/aromatic N) is 2. The highest BCUT2D eigenvalue weighted by molar-refractivity contribution is 7.09. The molecule has 100 valence electrons. The van der Waals surface area contributed by atoms with Crippen molar-refractivity contribution in [1.82, 2.24) is 9.97 Å². The summed E-state index contributed by atoms with van der Waals surface area (Å²) in [6.45, 7) is 2.44.